The molecule has 0 aliphatic rings. The molecule has 1 aromatic heterocycles. The van der Waals surface area contributed by atoms with Crippen molar-refractivity contribution in [3.8, 4) is 0 Å². The lowest BCUT2D eigenvalue weighted by atomic mass is 10.3. The molecule has 0 aliphatic heterocycles. The van der Waals surface area contributed by atoms with Gasteiger partial charge in [-0.25, -0.2) is 18.1 Å². The second-order valence-electron chi connectivity index (χ2n) is 5.76. The van der Waals surface area contributed by atoms with E-state index < -0.39 is 10.0 Å². The highest BCUT2D eigenvalue weighted by Crippen LogP contribution is 2.16. The second-order valence-corrected chi connectivity index (χ2v) is 7.53. The molecule has 3 aromatic rings. The number of fused-ring (bicyclic) bond motifs is 1. The summed E-state index contributed by atoms with van der Waals surface area (Å²) >= 11 is 0. The molecule has 27 heavy (non-hydrogen) atoms. The van der Waals surface area contributed by atoms with Crippen LogP contribution in [-0.2, 0) is 14.8 Å². The lowest BCUT2D eigenvalue weighted by Gasteiger charge is -2.07. The Morgan fingerprint density at radius 2 is 1.89 bits per heavy atom. The number of benzene rings is 2. The van der Waals surface area contributed by atoms with Gasteiger partial charge >= 0.3 is 0 Å². The van der Waals surface area contributed by atoms with Crippen LogP contribution < -0.4 is 10.0 Å². The van der Waals surface area contributed by atoms with Gasteiger partial charge in [0.2, 0.25) is 21.8 Å². The summed E-state index contributed by atoms with van der Waals surface area (Å²) in [4.78, 5) is 16.4. The number of para-hydroxylation sites is 2. The average Bonchev–Trinajstić information content (AvgIpc) is 3.08. The van der Waals surface area contributed by atoms with Crippen LogP contribution in [0.2, 0.25) is 0 Å². The number of nitrogens with one attached hydrogen (secondary N) is 2. The minimum Gasteiger partial charge on any atom is -0.437 e. The number of sulfonamides is 1. The number of hydrogen-bond acceptors (Lipinski definition) is 5. The van der Waals surface area contributed by atoms with Gasteiger partial charge in [0.1, 0.15) is 5.52 Å². The zero-order valence-corrected chi connectivity index (χ0v) is 15.5. The number of nitrogens with zero attached hydrogens (tertiary/aromatic N) is 1. The molecular weight excluding hydrogens is 366 g/mol. The standard InChI is InChI=1S/C19H19N3O4S/c1-2-13-20-27(24,25)15-9-7-14(8-10-15)21-18(23)11-12-19-22-16-5-3-4-6-17(16)26-19/h3-12,20H,2,13H2,1H3,(H,21,23)/b12-11+. The van der Waals surface area contributed by atoms with E-state index in [9.17, 15) is 13.2 Å². The number of carbonyl (C=O) groups excluding carboxylic acids is 1. The fraction of sp³-hybridized carbons (Fsp3) is 0.158. The Morgan fingerprint density at radius 1 is 1.15 bits per heavy atom. The Balaban J connectivity index is 1.63. The van der Waals surface area contributed by atoms with Gasteiger partial charge in [-0.3, -0.25) is 4.79 Å². The van der Waals surface area contributed by atoms with Crippen molar-refractivity contribution in [2.45, 2.75) is 18.2 Å². The zero-order chi connectivity index (χ0) is 19.3. The molecule has 0 spiro atoms. The van der Waals surface area contributed by atoms with Crippen molar-refractivity contribution in [2.24, 2.45) is 0 Å². The molecule has 1 amide bonds. The molecule has 2 N–H and O–H groups in total. The molecule has 0 saturated carbocycles. The average molecular weight is 385 g/mol. The van der Waals surface area contributed by atoms with Gasteiger partial charge in [0, 0.05) is 24.4 Å². The Hall–Kier alpha value is -2.97. The third kappa shape index (κ3) is 4.81. The van der Waals surface area contributed by atoms with Gasteiger partial charge in [0.15, 0.2) is 5.58 Å². The van der Waals surface area contributed by atoms with Gasteiger partial charge in [0.05, 0.1) is 4.90 Å². The van der Waals surface area contributed by atoms with E-state index in [1.54, 1.807) is 6.07 Å². The normalized spacial score (nSPS) is 11.9. The number of amides is 1. The first-order valence-electron chi connectivity index (χ1n) is 8.42. The van der Waals surface area contributed by atoms with Crippen LogP contribution in [0.5, 0.6) is 0 Å². The van der Waals surface area contributed by atoms with Gasteiger partial charge in [-0.15, -0.1) is 0 Å². The minimum absolute atomic E-state index is 0.149. The summed E-state index contributed by atoms with van der Waals surface area (Å²) in [5, 5.41) is 2.66. The third-order valence-electron chi connectivity index (χ3n) is 3.66. The van der Waals surface area contributed by atoms with Crippen LogP contribution in [0.25, 0.3) is 17.2 Å². The number of anilines is 1. The minimum atomic E-state index is -3.52. The van der Waals surface area contributed by atoms with Crippen molar-refractivity contribution in [3.63, 3.8) is 0 Å². The monoisotopic (exact) mass is 385 g/mol. The van der Waals surface area contributed by atoms with E-state index >= 15 is 0 Å². The molecule has 0 bridgehead atoms. The van der Waals surface area contributed by atoms with Crippen LogP contribution in [0.3, 0.4) is 0 Å². The number of hydrogen-bond donors (Lipinski definition) is 2. The number of aromatic nitrogens is 1. The summed E-state index contributed by atoms with van der Waals surface area (Å²) in [7, 11) is -3.52. The highest BCUT2D eigenvalue weighted by atomic mass is 32.2. The predicted molar refractivity (Wildman–Crippen MR) is 104 cm³/mol. The molecule has 7 nitrogen and oxygen atoms in total. The summed E-state index contributed by atoms with van der Waals surface area (Å²) in [6.45, 7) is 2.26. The summed E-state index contributed by atoms with van der Waals surface area (Å²) in [6, 6.07) is 13.3. The van der Waals surface area contributed by atoms with E-state index in [0.29, 0.717) is 35.6 Å². The van der Waals surface area contributed by atoms with E-state index in [-0.39, 0.29) is 10.8 Å². The highest BCUT2D eigenvalue weighted by Gasteiger charge is 2.12. The maximum Gasteiger partial charge on any atom is 0.248 e. The topological polar surface area (TPSA) is 101 Å². The van der Waals surface area contributed by atoms with E-state index in [4.69, 9.17) is 4.42 Å². The van der Waals surface area contributed by atoms with E-state index in [1.165, 1.54) is 36.4 Å². The third-order valence-corrected chi connectivity index (χ3v) is 5.14. The van der Waals surface area contributed by atoms with Gasteiger partial charge < -0.3 is 9.73 Å². The van der Waals surface area contributed by atoms with Crippen LogP contribution >= 0.6 is 0 Å². The molecule has 0 atom stereocenters. The smallest absolute Gasteiger partial charge is 0.248 e. The summed E-state index contributed by atoms with van der Waals surface area (Å²) in [5.41, 5.74) is 1.84. The van der Waals surface area contributed by atoms with Gasteiger partial charge in [-0.05, 0) is 42.8 Å². The number of carbonyl (C=O) groups is 1. The fourth-order valence-electron chi connectivity index (χ4n) is 2.33. The van der Waals surface area contributed by atoms with Crippen molar-refractivity contribution in [1.29, 1.82) is 0 Å². The van der Waals surface area contributed by atoms with E-state index in [0.717, 1.165) is 0 Å². The number of oxazole rings is 1. The first kappa shape index (κ1) is 18.8. The molecular formula is C19H19N3O4S. The summed E-state index contributed by atoms with van der Waals surface area (Å²) in [6.07, 6.45) is 3.49. The molecule has 2 aromatic carbocycles. The molecule has 8 heteroatoms. The molecule has 0 unspecified atom stereocenters. The second kappa shape index (κ2) is 8.15. The van der Waals surface area contributed by atoms with Crippen molar-refractivity contribution < 1.29 is 17.6 Å². The van der Waals surface area contributed by atoms with E-state index in [1.807, 2.05) is 25.1 Å². The molecule has 0 aliphatic carbocycles. The first-order valence-corrected chi connectivity index (χ1v) is 9.90. The summed E-state index contributed by atoms with van der Waals surface area (Å²) < 4.78 is 32.1. The lowest BCUT2D eigenvalue weighted by molar-refractivity contribution is -0.111. The van der Waals surface area contributed by atoms with Crippen molar-refractivity contribution in [1.82, 2.24) is 9.71 Å². The number of rotatable bonds is 7. The first-order chi connectivity index (χ1) is 13.0. The van der Waals surface area contributed by atoms with E-state index in [2.05, 4.69) is 15.0 Å². The van der Waals surface area contributed by atoms with Crippen molar-refractivity contribution in [2.75, 3.05) is 11.9 Å². The van der Waals surface area contributed by atoms with Crippen LogP contribution in [0.15, 0.2) is 63.9 Å². The van der Waals surface area contributed by atoms with Gasteiger partial charge in [0.25, 0.3) is 0 Å². The summed E-state index contributed by atoms with van der Waals surface area (Å²) in [5.74, 6) is -0.0493. The predicted octanol–water partition coefficient (Wildman–Crippen LogP) is 3.17. The molecule has 3 rings (SSSR count). The van der Waals surface area contributed by atoms with Crippen LogP contribution in [0.1, 0.15) is 19.2 Å². The fourth-order valence-corrected chi connectivity index (χ4v) is 3.46. The SMILES string of the molecule is CCCNS(=O)(=O)c1ccc(NC(=O)/C=C/c2nc3ccccc3o2)cc1. The van der Waals surface area contributed by atoms with Crippen LogP contribution in [0.4, 0.5) is 5.69 Å². The quantitative estimate of drug-likeness (QED) is 0.608. The van der Waals surface area contributed by atoms with Crippen molar-refractivity contribution >= 4 is 38.8 Å². The highest BCUT2D eigenvalue weighted by molar-refractivity contribution is 7.89. The Kier molecular flexibility index (Phi) is 5.68. The van der Waals surface area contributed by atoms with Crippen LogP contribution in [-0.4, -0.2) is 25.9 Å². The van der Waals surface area contributed by atoms with Crippen molar-refractivity contribution in [3.05, 3.63) is 60.5 Å². The largest absolute Gasteiger partial charge is 0.437 e. The zero-order valence-electron chi connectivity index (χ0n) is 14.7. The lowest BCUT2D eigenvalue weighted by Crippen LogP contribution is -2.24. The maximum absolute atomic E-state index is 12.0. The molecule has 0 saturated heterocycles. The molecule has 1 heterocycles. The van der Waals surface area contributed by atoms with Crippen LogP contribution in [0, 0.1) is 0 Å². The maximum atomic E-state index is 12.0. The Labute approximate surface area is 157 Å². The molecule has 0 radical (unpaired) electrons. The van der Waals surface area contributed by atoms with Gasteiger partial charge in [-0.1, -0.05) is 19.1 Å². The molecule has 140 valence electrons. The Morgan fingerprint density at radius 3 is 2.59 bits per heavy atom. The Bertz CT molecular complexity index is 1040. The van der Waals surface area contributed by atoms with Gasteiger partial charge in [-0.2, -0.15) is 0 Å². The molecule has 0 fully saturated rings.